The Balaban J connectivity index is 1.93. The largest absolute Gasteiger partial charge is 0.497 e. The standard InChI is InChI=1S/C24H25ClN2O5S/c1-17(2)32-23-10-5-4-9-22(23)26-24(28)16-27(19-8-6-7-18(25)15-19)33(29,30)21-13-11-20(31-3)12-14-21/h4-15,17H,16H2,1-3H3,(H,26,28). The Bertz CT molecular complexity index is 1210. The van der Waals surface area contributed by atoms with E-state index >= 15 is 0 Å². The van der Waals surface area contributed by atoms with Crippen molar-refractivity contribution in [3.05, 3.63) is 77.8 Å². The zero-order valence-corrected chi connectivity index (χ0v) is 20.1. The number of hydrogen-bond acceptors (Lipinski definition) is 5. The summed E-state index contributed by atoms with van der Waals surface area (Å²) in [6.45, 7) is 3.28. The van der Waals surface area contributed by atoms with Crippen LogP contribution in [0.3, 0.4) is 0 Å². The molecule has 174 valence electrons. The maximum absolute atomic E-state index is 13.5. The highest BCUT2D eigenvalue weighted by Gasteiger charge is 2.28. The number of nitrogens with one attached hydrogen (secondary N) is 1. The molecule has 0 saturated carbocycles. The average Bonchev–Trinajstić information content (AvgIpc) is 2.78. The van der Waals surface area contributed by atoms with Crippen LogP contribution in [-0.4, -0.2) is 34.1 Å². The van der Waals surface area contributed by atoms with Crippen LogP contribution in [0.5, 0.6) is 11.5 Å². The zero-order valence-electron chi connectivity index (χ0n) is 18.5. The van der Waals surface area contributed by atoms with Crippen molar-refractivity contribution in [2.24, 2.45) is 0 Å². The SMILES string of the molecule is COc1ccc(S(=O)(=O)N(CC(=O)Nc2ccccc2OC(C)C)c2cccc(Cl)c2)cc1. The minimum atomic E-state index is -4.09. The highest BCUT2D eigenvalue weighted by Crippen LogP contribution is 2.28. The van der Waals surface area contributed by atoms with Crippen LogP contribution in [-0.2, 0) is 14.8 Å². The van der Waals surface area contributed by atoms with Crippen LogP contribution in [0.1, 0.15) is 13.8 Å². The van der Waals surface area contributed by atoms with Crippen molar-refractivity contribution in [2.45, 2.75) is 24.8 Å². The second-order valence-electron chi connectivity index (χ2n) is 7.38. The molecule has 0 atom stereocenters. The predicted octanol–water partition coefficient (Wildman–Crippen LogP) is 4.97. The fraction of sp³-hybridized carbons (Fsp3) is 0.208. The Labute approximate surface area is 198 Å². The van der Waals surface area contributed by atoms with Gasteiger partial charge in [-0.25, -0.2) is 8.42 Å². The molecular weight excluding hydrogens is 464 g/mol. The first-order valence-corrected chi connectivity index (χ1v) is 12.0. The topological polar surface area (TPSA) is 84.9 Å². The maximum Gasteiger partial charge on any atom is 0.264 e. The highest BCUT2D eigenvalue weighted by molar-refractivity contribution is 7.92. The van der Waals surface area contributed by atoms with Gasteiger partial charge in [-0.3, -0.25) is 9.10 Å². The van der Waals surface area contributed by atoms with Crippen LogP contribution in [0.15, 0.2) is 77.7 Å². The number of benzene rings is 3. The number of ether oxygens (including phenoxy) is 2. The maximum atomic E-state index is 13.5. The van der Waals surface area contributed by atoms with E-state index in [1.165, 1.54) is 25.3 Å². The third-order valence-electron chi connectivity index (χ3n) is 4.55. The van der Waals surface area contributed by atoms with Gasteiger partial charge >= 0.3 is 0 Å². The first-order valence-electron chi connectivity index (χ1n) is 10.2. The average molecular weight is 489 g/mol. The molecule has 3 rings (SSSR count). The molecule has 3 aromatic rings. The summed E-state index contributed by atoms with van der Waals surface area (Å²) in [7, 11) is -2.59. The van der Waals surface area contributed by atoms with Gasteiger partial charge in [-0.15, -0.1) is 0 Å². The van der Waals surface area contributed by atoms with Gasteiger partial charge in [-0.05, 0) is 68.4 Å². The summed E-state index contributed by atoms with van der Waals surface area (Å²) in [6, 6.07) is 19.2. The van der Waals surface area contributed by atoms with Crippen LogP contribution in [0.2, 0.25) is 5.02 Å². The first-order chi connectivity index (χ1) is 15.7. The van der Waals surface area contributed by atoms with E-state index in [4.69, 9.17) is 21.1 Å². The summed E-state index contributed by atoms with van der Waals surface area (Å²) in [4.78, 5) is 13.0. The first kappa shape index (κ1) is 24.4. The molecule has 0 aliphatic rings. The number of methoxy groups -OCH3 is 1. The van der Waals surface area contributed by atoms with Crippen LogP contribution < -0.4 is 19.1 Å². The second-order valence-corrected chi connectivity index (χ2v) is 9.68. The van der Waals surface area contributed by atoms with E-state index in [0.717, 1.165) is 4.31 Å². The molecule has 0 radical (unpaired) electrons. The number of para-hydroxylation sites is 2. The molecule has 9 heteroatoms. The van der Waals surface area contributed by atoms with Crippen molar-refractivity contribution in [3.63, 3.8) is 0 Å². The van der Waals surface area contributed by atoms with Crippen LogP contribution in [0, 0.1) is 0 Å². The van der Waals surface area contributed by atoms with Crippen LogP contribution in [0.4, 0.5) is 11.4 Å². The lowest BCUT2D eigenvalue weighted by atomic mass is 10.2. The number of rotatable bonds is 9. The molecule has 0 aromatic heterocycles. The van der Waals surface area contributed by atoms with Crippen LogP contribution in [0.25, 0.3) is 0 Å². The number of hydrogen-bond donors (Lipinski definition) is 1. The fourth-order valence-electron chi connectivity index (χ4n) is 3.07. The molecule has 33 heavy (non-hydrogen) atoms. The molecule has 7 nitrogen and oxygen atoms in total. The van der Waals surface area contributed by atoms with Crippen molar-refractivity contribution in [1.82, 2.24) is 0 Å². The summed E-state index contributed by atoms with van der Waals surface area (Å²) < 4.78 is 38.8. The molecule has 0 bridgehead atoms. The Morgan fingerprint density at radius 3 is 2.36 bits per heavy atom. The second kappa shape index (κ2) is 10.6. The molecule has 0 aliphatic carbocycles. The fourth-order valence-corrected chi connectivity index (χ4v) is 4.67. The number of halogens is 1. The zero-order chi connectivity index (χ0) is 24.0. The molecule has 1 amide bonds. The van der Waals surface area contributed by atoms with E-state index in [2.05, 4.69) is 5.32 Å². The van der Waals surface area contributed by atoms with Gasteiger partial charge in [-0.2, -0.15) is 0 Å². The Morgan fingerprint density at radius 1 is 1.03 bits per heavy atom. The van der Waals surface area contributed by atoms with Crippen LogP contribution >= 0.6 is 11.6 Å². The number of nitrogens with zero attached hydrogens (tertiary/aromatic N) is 1. The summed E-state index contributed by atoms with van der Waals surface area (Å²) >= 11 is 6.10. The van der Waals surface area contributed by atoms with Gasteiger partial charge in [0.15, 0.2) is 0 Å². The van der Waals surface area contributed by atoms with E-state index in [1.54, 1.807) is 54.6 Å². The van der Waals surface area contributed by atoms with Gasteiger partial charge < -0.3 is 14.8 Å². The summed E-state index contributed by atoms with van der Waals surface area (Å²) in [5.41, 5.74) is 0.712. The van der Waals surface area contributed by atoms with Crippen molar-refractivity contribution in [2.75, 3.05) is 23.3 Å². The molecule has 1 N–H and O–H groups in total. The van der Waals surface area contributed by atoms with E-state index < -0.39 is 22.5 Å². The minimum Gasteiger partial charge on any atom is -0.497 e. The number of carbonyl (C=O) groups is 1. The lowest BCUT2D eigenvalue weighted by molar-refractivity contribution is -0.114. The third kappa shape index (κ3) is 6.18. The molecule has 0 fully saturated rings. The summed E-state index contributed by atoms with van der Waals surface area (Å²) in [5, 5.41) is 3.10. The van der Waals surface area contributed by atoms with Crippen molar-refractivity contribution >= 4 is 38.9 Å². The van der Waals surface area contributed by atoms with E-state index in [9.17, 15) is 13.2 Å². The van der Waals surface area contributed by atoms with Crippen molar-refractivity contribution in [1.29, 1.82) is 0 Å². The van der Waals surface area contributed by atoms with Crippen molar-refractivity contribution in [3.8, 4) is 11.5 Å². The van der Waals surface area contributed by atoms with E-state index in [-0.39, 0.29) is 16.7 Å². The lowest BCUT2D eigenvalue weighted by Crippen LogP contribution is -2.38. The number of amides is 1. The number of carbonyl (C=O) groups excluding carboxylic acids is 1. The van der Waals surface area contributed by atoms with Gasteiger partial charge in [0.1, 0.15) is 18.0 Å². The van der Waals surface area contributed by atoms with E-state index in [1.807, 2.05) is 13.8 Å². The Kier molecular flexibility index (Phi) is 7.84. The predicted molar refractivity (Wildman–Crippen MR) is 130 cm³/mol. The third-order valence-corrected chi connectivity index (χ3v) is 6.58. The van der Waals surface area contributed by atoms with E-state index in [0.29, 0.717) is 22.2 Å². The molecule has 0 spiro atoms. The Hall–Kier alpha value is -3.23. The van der Waals surface area contributed by atoms with Gasteiger partial charge in [-0.1, -0.05) is 29.8 Å². The van der Waals surface area contributed by atoms with Gasteiger partial charge in [0.25, 0.3) is 10.0 Å². The molecule has 0 saturated heterocycles. The monoisotopic (exact) mass is 488 g/mol. The molecule has 0 aliphatic heterocycles. The summed E-state index contributed by atoms with van der Waals surface area (Å²) in [6.07, 6.45) is -0.0959. The normalized spacial score (nSPS) is 11.2. The molecule has 3 aromatic carbocycles. The van der Waals surface area contributed by atoms with Gasteiger partial charge in [0.2, 0.25) is 5.91 Å². The summed E-state index contributed by atoms with van der Waals surface area (Å²) in [5.74, 6) is 0.475. The van der Waals surface area contributed by atoms with Gasteiger partial charge in [0.05, 0.1) is 29.5 Å². The van der Waals surface area contributed by atoms with Gasteiger partial charge in [0, 0.05) is 5.02 Å². The quantitative estimate of drug-likeness (QED) is 0.459. The minimum absolute atomic E-state index is 0.0135. The molecule has 0 heterocycles. The smallest absolute Gasteiger partial charge is 0.264 e. The number of sulfonamides is 1. The highest BCUT2D eigenvalue weighted by atomic mass is 35.5. The number of anilines is 2. The van der Waals surface area contributed by atoms with Crippen molar-refractivity contribution < 1.29 is 22.7 Å². The molecular formula is C24H25ClN2O5S. The Morgan fingerprint density at radius 2 is 1.73 bits per heavy atom. The lowest BCUT2D eigenvalue weighted by Gasteiger charge is -2.24. The molecule has 0 unspecified atom stereocenters.